The van der Waals surface area contributed by atoms with Crippen molar-refractivity contribution in [1.82, 2.24) is 0 Å². The average Bonchev–Trinajstić information content (AvgIpc) is 2.54. The summed E-state index contributed by atoms with van der Waals surface area (Å²) >= 11 is 0. The van der Waals surface area contributed by atoms with Gasteiger partial charge < -0.3 is 14.8 Å². The van der Waals surface area contributed by atoms with Crippen LogP contribution in [0.25, 0.3) is 0 Å². The molecule has 4 heteroatoms. The van der Waals surface area contributed by atoms with Crippen LogP contribution in [0.3, 0.4) is 0 Å². The first-order valence-corrected chi connectivity index (χ1v) is 6.91. The predicted molar refractivity (Wildman–Crippen MR) is 87.7 cm³/mol. The molecule has 0 spiro atoms. The van der Waals surface area contributed by atoms with Crippen molar-refractivity contribution in [2.75, 3.05) is 19.0 Å². The molecule has 0 saturated heterocycles. The van der Waals surface area contributed by atoms with Gasteiger partial charge in [0, 0.05) is 11.3 Å². The lowest BCUT2D eigenvalue weighted by Gasteiger charge is -2.09. The highest BCUT2D eigenvalue weighted by Crippen LogP contribution is 2.18. The van der Waals surface area contributed by atoms with E-state index in [1.807, 2.05) is 13.0 Å². The molecule has 4 nitrogen and oxygen atoms in total. The molecule has 0 aliphatic heterocycles. The highest BCUT2D eigenvalue weighted by Gasteiger charge is 2.07. The van der Waals surface area contributed by atoms with Gasteiger partial charge in [-0.2, -0.15) is 0 Å². The molecule has 0 aliphatic rings. The Labute approximate surface area is 130 Å². The second-order valence-corrected chi connectivity index (χ2v) is 4.96. The maximum Gasteiger partial charge on any atom is 0.255 e. The Bertz CT molecular complexity index is 662. The maximum absolute atomic E-state index is 12.2. The van der Waals surface area contributed by atoms with Gasteiger partial charge in [0.2, 0.25) is 0 Å². The van der Waals surface area contributed by atoms with Gasteiger partial charge in [0.05, 0.1) is 7.11 Å². The molecule has 1 N–H and O–H groups in total. The van der Waals surface area contributed by atoms with E-state index in [4.69, 9.17) is 9.47 Å². The quantitative estimate of drug-likeness (QED) is 0.823. The number of hydrogen-bond acceptors (Lipinski definition) is 3. The van der Waals surface area contributed by atoms with Crippen LogP contribution in [-0.4, -0.2) is 19.6 Å². The molecule has 2 rings (SSSR count). The van der Waals surface area contributed by atoms with Crippen molar-refractivity contribution in [2.24, 2.45) is 0 Å². The number of carbonyl (C=O) groups is 1. The molecule has 0 unspecified atom stereocenters. The van der Waals surface area contributed by atoms with Gasteiger partial charge in [0.1, 0.15) is 18.1 Å². The summed E-state index contributed by atoms with van der Waals surface area (Å²) in [7, 11) is 1.60. The summed E-state index contributed by atoms with van der Waals surface area (Å²) in [6.45, 7) is 6.11. The van der Waals surface area contributed by atoms with Crippen molar-refractivity contribution in [2.45, 2.75) is 6.92 Å². The van der Waals surface area contributed by atoms with Crippen LogP contribution in [0.2, 0.25) is 0 Å². The summed E-state index contributed by atoms with van der Waals surface area (Å²) in [4.78, 5) is 12.2. The highest BCUT2D eigenvalue weighted by molar-refractivity contribution is 6.04. The highest BCUT2D eigenvalue weighted by atomic mass is 16.5. The van der Waals surface area contributed by atoms with Crippen LogP contribution in [0.5, 0.6) is 11.5 Å². The van der Waals surface area contributed by atoms with E-state index in [9.17, 15) is 4.79 Å². The summed E-state index contributed by atoms with van der Waals surface area (Å²) in [5.41, 5.74) is 2.17. The predicted octanol–water partition coefficient (Wildman–Crippen LogP) is 3.90. The van der Waals surface area contributed by atoms with Gasteiger partial charge in [-0.3, -0.25) is 4.79 Å². The number of rotatable bonds is 6. The molecule has 0 heterocycles. The number of amides is 1. The SMILES string of the molecule is C=C(C)COc1cccc(C(=O)Nc2ccc(OC)cc2)c1. The average molecular weight is 297 g/mol. The fourth-order valence-electron chi connectivity index (χ4n) is 1.81. The second-order valence-electron chi connectivity index (χ2n) is 4.96. The van der Waals surface area contributed by atoms with Crippen molar-refractivity contribution in [1.29, 1.82) is 0 Å². The Kier molecular flexibility index (Phi) is 5.20. The van der Waals surface area contributed by atoms with Gasteiger partial charge >= 0.3 is 0 Å². The number of nitrogens with one attached hydrogen (secondary N) is 1. The van der Waals surface area contributed by atoms with Crippen molar-refractivity contribution in [3.8, 4) is 11.5 Å². The number of methoxy groups -OCH3 is 1. The summed E-state index contributed by atoms with van der Waals surface area (Å²) in [5.74, 6) is 1.20. The van der Waals surface area contributed by atoms with Gasteiger partial charge in [-0.25, -0.2) is 0 Å². The van der Waals surface area contributed by atoms with E-state index in [2.05, 4.69) is 11.9 Å². The Morgan fingerprint density at radius 1 is 1.14 bits per heavy atom. The third kappa shape index (κ3) is 4.38. The molecule has 0 fully saturated rings. The van der Waals surface area contributed by atoms with E-state index < -0.39 is 0 Å². The Balaban J connectivity index is 2.05. The van der Waals surface area contributed by atoms with Crippen LogP contribution >= 0.6 is 0 Å². The van der Waals surface area contributed by atoms with E-state index in [1.165, 1.54) is 0 Å². The minimum absolute atomic E-state index is 0.189. The number of benzene rings is 2. The molecule has 22 heavy (non-hydrogen) atoms. The van der Waals surface area contributed by atoms with E-state index in [-0.39, 0.29) is 5.91 Å². The lowest BCUT2D eigenvalue weighted by molar-refractivity contribution is 0.102. The third-order valence-corrected chi connectivity index (χ3v) is 2.93. The van der Waals surface area contributed by atoms with Gasteiger partial charge in [-0.1, -0.05) is 12.6 Å². The van der Waals surface area contributed by atoms with Gasteiger partial charge in [0.25, 0.3) is 5.91 Å². The van der Waals surface area contributed by atoms with Crippen LogP contribution in [0.4, 0.5) is 5.69 Å². The van der Waals surface area contributed by atoms with E-state index in [0.29, 0.717) is 23.6 Å². The lowest BCUT2D eigenvalue weighted by Crippen LogP contribution is -2.12. The van der Waals surface area contributed by atoms with Crippen LogP contribution in [0.15, 0.2) is 60.7 Å². The van der Waals surface area contributed by atoms with Crippen molar-refractivity contribution in [3.05, 3.63) is 66.2 Å². The van der Waals surface area contributed by atoms with Crippen LogP contribution in [-0.2, 0) is 0 Å². The van der Waals surface area contributed by atoms with E-state index in [1.54, 1.807) is 49.6 Å². The number of ether oxygens (including phenoxy) is 2. The van der Waals surface area contributed by atoms with E-state index in [0.717, 1.165) is 11.3 Å². The molecule has 2 aromatic carbocycles. The Morgan fingerprint density at radius 2 is 1.86 bits per heavy atom. The van der Waals surface area contributed by atoms with Crippen LogP contribution < -0.4 is 14.8 Å². The zero-order chi connectivity index (χ0) is 15.9. The molecule has 0 aromatic heterocycles. The first-order chi connectivity index (χ1) is 10.6. The molecular weight excluding hydrogens is 278 g/mol. The zero-order valence-electron chi connectivity index (χ0n) is 12.8. The fourth-order valence-corrected chi connectivity index (χ4v) is 1.81. The molecule has 0 atom stereocenters. The molecule has 114 valence electrons. The van der Waals surface area contributed by atoms with Crippen molar-refractivity contribution in [3.63, 3.8) is 0 Å². The molecule has 0 radical (unpaired) electrons. The summed E-state index contributed by atoms with van der Waals surface area (Å²) in [6, 6.07) is 14.2. The van der Waals surface area contributed by atoms with Gasteiger partial charge in [0.15, 0.2) is 0 Å². The smallest absolute Gasteiger partial charge is 0.255 e. The molecule has 0 saturated carbocycles. The minimum atomic E-state index is -0.189. The monoisotopic (exact) mass is 297 g/mol. The van der Waals surface area contributed by atoms with Gasteiger partial charge in [-0.15, -0.1) is 0 Å². The molecule has 0 bridgehead atoms. The van der Waals surface area contributed by atoms with Crippen LogP contribution in [0, 0.1) is 0 Å². The number of anilines is 1. The first-order valence-electron chi connectivity index (χ1n) is 6.91. The largest absolute Gasteiger partial charge is 0.497 e. The van der Waals surface area contributed by atoms with Gasteiger partial charge in [-0.05, 0) is 55.0 Å². The maximum atomic E-state index is 12.2. The number of carbonyl (C=O) groups excluding carboxylic acids is 1. The zero-order valence-corrected chi connectivity index (χ0v) is 12.8. The topological polar surface area (TPSA) is 47.6 Å². The fraction of sp³-hybridized carbons (Fsp3) is 0.167. The van der Waals surface area contributed by atoms with Crippen molar-refractivity contribution >= 4 is 11.6 Å². The number of hydrogen-bond donors (Lipinski definition) is 1. The molecule has 2 aromatic rings. The minimum Gasteiger partial charge on any atom is -0.497 e. The summed E-state index contributed by atoms with van der Waals surface area (Å²) < 4.78 is 10.6. The second kappa shape index (κ2) is 7.31. The van der Waals surface area contributed by atoms with Crippen molar-refractivity contribution < 1.29 is 14.3 Å². The van der Waals surface area contributed by atoms with Crippen LogP contribution in [0.1, 0.15) is 17.3 Å². The Hall–Kier alpha value is -2.75. The third-order valence-electron chi connectivity index (χ3n) is 2.93. The molecule has 0 aliphatic carbocycles. The lowest BCUT2D eigenvalue weighted by atomic mass is 10.2. The molecular formula is C18H19NO3. The summed E-state index contributed by atoms with van der Waals surface area (Å²) in [6.07, 6.45) is 0. The standard InChI is InChI=1S/C18H19NO3/c1-13(2)12-22-17-6-4-5-14(11-17)18(20)19-15-7-9-16(21-3)10-8-15/h4-11H,1,12H2,2-3H3,(H,19,20). The van der Waals surface area contributed by atoms with E-state index >= 15 is 0 Å². The molecule has 1 amide bonds. The first kappa shape index (κ1) is 15.6. The Morgan fingerprint density at radius 3 is 2.50 bits per heavy atom. The summed E-state index contributed by atoms with van der Waals surface area (Å²) in [5, 5.41) is 2.83. The normalized spacial score (nSPS) is 9.91.